The van der Waals surface area contributed by atoms with Crippen molar-refractivity contribution in [2.75, 3.05) is 13.1 Å². The molecule has 6 heteroatoms. The molecule has 0 aromatic heterocycles. The first kappa shape index (κ1) is 19.9. The van der Waals surface area contributed by atoms with Gasteiger partial charge in [0.2, 0.25) is 0 Å². The number of nitrogens with one attached hydrogen (secondary N) is 1. The van der Waals surface area contributed by atoms with E-state index in [-0.39, 0.29) is 22.1 Å². The molecular weight excluding hydrogens is 424 g/mol. The molecule has 1 saturated heterocycles. The fraction of sp³-hybridized carbons (Fsp3) is 0.250. The summed E-state index contributed by atoms with van der Waals surface area (Å²) in [6.07, 6.45) is 0.929. The summed E-state index contributed by atoms with van der Waals surface area (Å²) < 4.78 is 35.9. The van der Waals surface area contributed by atoms with E-state index in [0.29, 0.717) is 5.56 Å². The fourth-order valence-electron chi connectivity index (χ4n) is 4.42. The Bertz CT molecular complexity index is 1100. The van der Waals surface area contributed by atoms with Gasteiger partial charge in [-0.15, -0.1) is 0 Å². The highest BCUT2D eigenvalue weighted by Crippen LogP contribution is 2.52. The molecule has 2 aliphatic heterocycles. The maximum Gasteiger partial charge on any atom is 0.137 e. The zero-order valence-corrected chi connectivity index (χ0v) is 17.9. The minimum Gasteiger partial charge on any atom is -0.488 e. The van der Waals surface area contributed by atoms with E-state index in [1.54, 1.807) is 11.8 Å². The summed E-state index contributed by atoms with van der Waals surface area (Å²) in [5.74, 6) is -0.519. The molecule has 1 fully saturated rings. The first-order valence-electron chi connectivity index (χ1n) is 9.89. The summed E-state index contributed by atoms with van der Waals surface area (Å²) in [7, 11) is 0. The van der Waals surface area contributed by atoms with Crippen molar-refractivity contribution in [3.8, 4) is 16.9 Å². The van der Waals surface area contributed by atoms with E-state index in [0.717, 1.165) is 52.7 Å². The molecule has 3 aromatic carbocycles. The minimum absolute atomic E-state index is 0.0408. The molecule has 30 heavy (non-hydrogen) atoms. The predicted octanol–water partition coefficient (Wildman–Crippen LogP) is 6.45. The van der Waals surface area contributed by atoms with E-state index in [4.69, 9.17) is 16.3 Å². The molecule has 0 saturated carbocycles. The van der Waals surface area contributed by atoms with Crippen LogP contribution in [0.1, 0.15) is 18.9 Å². The van der Waals surface area contributed by atoms with E-state index in [1.807, 2.05) is 42.5 Å². The number of hydrogen-bond donors (Lipinski definition) is 1. The number of hydrogen-bond acceptors (Lipinski definition) is 3. The average molecular weight is 444 g/mol. The highest BCUT2D eigenvalue weighted by atomic mass is 35.5. The first-order valence-corrected chi connectivity index (χ1v) is 11.1. The normalized spacial score (nSPS) is 22.3. The van der Waals surface area contributed by atoms with Crippen molar-refractivity contribution in [1.29, 1.82) is 0 Å². The van der Waals surface area contributed by atoms with Gasteiger partial charge in [0.25, 0.3) is 0 Å². The smallest absolute Gasteiger partial charge is 0.137 e. The quantitative estimate of drug-likeness (QED) is 0.502. The molecular formula is C24H20ClF2NOS. The topological polar surface area (TPSA) is 21.3 Å². The van der Waals surface area contributed by atoms with Crippen LogP contribution in [0.2, 0.25) is 5.02 Å². The second-order valence-corrected chi connectivity index (χ2v) is 9.55. The molecule has 3 aromatic rings. The molecule has 2 atom stereocenters. The van der Waals surface area contributed by atoms with Crippen molar-refractivity contribution in [2.24, 2.45) is 0 Å². The summed E-state index contributed by atoms with van der Waals surface area (Å²) in [5, 5.41) is 3.49. The summed E-state index contributed by atoms with van der Waals surface area (Å²) in [6.45, 7) is 3.81. The fourth-order valence-corrected chi connectivity index (χ4v) is 5.59. The van der Waals surface area contributed by atoms with E-state index < -0.39 is 11.6 Å². The predicted molar refractivity (Wildman–Crippen MR) is 117 cm³/mol. The molecule has 2 heterocycles. The Hall–Kier alpha value is -2.08. The number of fused-ring (bicyclic) bond motifs is 3. The molecule has 1 unspecified atom stereocenters. The minimum atomic E-state index is -0.669. The van der Waals surface area contributed by atoms with Crippen molar-refractivity contribution in [2.45, 2.75) is 34.7 Å². The van der Waals surface area contributed by atoms with Crippen LogP contribution in [0.4, 0.5) is 8.78 Å². The lowest BCUT2D eigenvalue weighted by Gasteiger charge is -2.35. The third-order valence-electron chi connectivity index (χ3n) is 5.98. The van der Waals surface area contributed by atoms with Gasteiger partial charge < -0.3 is 10.1 Å². The van der Waals surface area contributed by atoms with Gasteiger partial charge in [-0.1, -0.05) is 48.5 Å². The first-order chi connectivity index (χ1) is 14.5. The van der Waals surface area contributed by atoms with Crippen LogP contribution >= 0.6 is 23.4 Å². The number of benzene rings is 3. The van der Waals surface area contributed by atoms with Crippen LogP contribution in [0, 0.1) is 11.6 Å². The van der Waals surface area contributed by atoms with Crippen LogP contribution in [0.3, 0.4) is 0 Å². The van der Waals surface area contributed by atoms with Gasteiger partial charge in [-0.2, -0.15) is 0 Å². The molecule has 0 amide bonds. The molecule has 0 radical (unpaired) electrons. The maximum atomic E-state index is 14.8. The van der Waals surface area contributed by atoms with Gasteiger partial charge in [-0.3, -0.25) is 0 Å². The lowest BCUT2D eigenvalue weighted by atomic mass is 9.75. The number of ether oxygens (including phenoxy) is 1. The van der Waals surface area contributed by atoms with Crippen molar-refractivity contribution in [1.82, 2.24) is 5.32 Å². The van der Waals surface area contributed by atoms with Crippen molar-refractivity contribution >= 4 is 23.4 Å². The largest absolute Gasteiger partial charge is 0.488 e. The second-order valence-electron chi connectivity index (χ2n) is 8.00. The summed E-state index contributed by atoms with van der Waals surface area (Å²) >= 11 is 7.39. The molecule has 5 rings (SSSR count). The Labute approximate surface area is 183 Å². The summed E-state index contributed by atoms with van der Waals surface area (Å²) in [5.41, 5.74) is 1.17. The SMILES string of the molecule is C[C@@]12CNCCC1Oc1c(Sc3ccccc3)cc(-c3c(F)cc(Cl)cc3F)cc12. The zero-order chi connectivity index (χ0) is 20.9. The van der Waals surface area contributed by atoms with Gasteiger partial charge in [-0.05, 0) is 54.9 Å². The monoisotopic (exact) mass is 443 g/mol. The second kappa shape index (κ2) is 7.56. The molecule has 1 N–H and O–H groups in total. The van der Waals surface area contributed by atoms with Crippen molar-refractivity contribution < 1.29 is 13.5 Å². The van der Waals surface area contributed by atoms with Crippen LogP contribution < -0.4 is 10.1 Å². The van der Waals surface area contributed by atoms with Gasteiger partial charge >= 0.3 is 0 Å². The number of piperidine rings is 1. The van der Waals surface area contributed by atoms with Gasteiger partial charge in [0, 0.05) is 27.4 Å². The van der Waals surface area contributed by atoms with Crippen LogP contribution in [0.5, 0.6) is 5.75 Å². The lowest BCUT2D eigenvalue weighted by Crippen LogP contribution is -2.50. The van der Waals surface area contributed by atoms with Crippen LogP contribution in [0.15, 0.2) is 64.4 Å². The van der Waals surface area contributed by atoms with Crippen molar-refractivity contribution in [3.63, 3.8) is 0 Å². The third-order valence-corrected chi connectivity index (χ3v) is 7.23. The van der Waals surface area contributed by atoms with Crippen LogP contribution in [0.25, 0.3) is 11.1 Å². The Morgan fingerprint density at radius 2 is 1.83 bits per heavy atom. The van der Waals surface area contributed by atoms with E-state index >= 15 is 0 Å². The molecule has 0 spiro atoms. The Kier molecular flexibility index (Phi) is 5.00. The van der Waals surface area contributed by atoms with Crippen LogP contribution in [-0.4, -0.2) is 19.2 Å². The number of halogens is 3. The van der Waals surface area contributed by atoms with E-state index in [1.165, 1.54) is 0 Å². The van der Waals surface area contributed by atoms with E-state index in [9.17, 15) is 8.78 Å². The lowest BCUT2D eigenvalue weighted by molar-refractivity contribution is 0.119. The van der Waals surface area contributed by atoms with Gasteiger partial charge in [-0.25, -0.2) is 8.78 Å². The average Bonchev–Trinajstić information content (AvgIpc) is 3.01. The van der Waals surface area contributed by atoms with Gasteiger partial charge in [0.1, 0.15) is 23.5 Å². The van der Waals surface area contributed by atoms with Crippen molar-refractivity contribution in [3.05, 3.63) is 76.8 Å². The highest BCUT2D eigenvalue weighted by molar-refractivity contribution is 7.99. The van der Waals surface area contributed by atoms with Gasteiger partial charge in [0.15, 0.2) is 0 Å². The summed E-state index contributed by atoms with van der Waals surface area (Å²) in [4.78, 5) is 1.90. The molecule has 2 aliphatic rings. The Balaban J connectivity index is 1.71. The summed E-state index contributed by atoms with van der Waals surface area (Å²) in [6, 6.07) is 15.9. The molecule has 0 bridgehead atoms. The Morgan fingerprint density at radius 3 is 2.57 bits per heavy atom. The van der Waals surface area contributed by atoms with Crippen LogP contribution in [-0.2, 0) is 5.41 Å². The zero-order valence-electron chi connectivity index (χ0n) is 16.3. The standard InChI is InChI=1S/C24H20ClF2NOS/c1-24-13-28-8-7-21(24)29-23-17(24)9-14(22-18(26)11-15(25)12-19(22)27)10-20(23)30-16-5-3-2-4-6-16/h2-6,9-12,21,28H,7-8,13H2,1H3/t21?,24-/m0/s1. The highest BCUT2D eigenvalue weighted by Gasteiger charge is 2.48. The maximum absolute atomic E-state index is 14.8. The number of rotatable bonds is 3. The van der Waals surface area contributed by atoms with Gasteiger partial charge in [0.05, 0.1) is 10.5 Å². The van der Waals surface area contributed by atoms with E-state index in [2.05, 4.69) is 12.2 Å². The molecule has 0 aliphatic carbocycles. The molecule has 154 valence electrons. The Morgan fingerprint density at radius 1 is 1.10 bits per heavy atom. The molecule has 2 nitrogen and oxygen atoms in total. The third kappa shape index (κ3) is 3.29.